The number of methoxy groups -OCH3 is 1. The fourth-order valence-electron chi connectivity index (χ4n) is 14.0. The van der Waals surface area contributed by atoms with Crippen LogP contribution < -0.4 is 15.9 Å². The van der Waals surface area contributed by atoms with Crippen LogP contribution in [0.15, 0.2) is 72.8 Å². The van der Waals surface area contributed by atoms with Crippen molar-refractivity contribution < 1.29 is 63.5 Å². The molecule has 3 aliphatic heterocycles. The van der Waals surface area contributed by atoms with E-state index in [1.807, 2.05) is 39.8 Å². The molecule has 86 heavy (non-hydrogen) atoms. The Labute approximate surface area is 517 Å². The van der Waals surface area contributed by atoms with Crippen molar-refractivity contribution in [1.29, 1.82) is 0 Å². The van der Waals surface area contributed by atoms with Crippen molar-refractivity contribution in [3.05, 3.63) is 89.5 Å². The number of hydrogen-bond acceptors (Lipinski definition) is 14. The van der Waals surface area contributed by atoms with Gasteiger partial charge in [0.1, 0.15) is 53.2 Å². The molecule has 6 rings (SSSR count). The summed E-state index contributed by atoms with van der Waals surface area (Å²) >= 11 is 0. The van der Waals surface area contributed by atoms with E-state index >= 15 is 0 Å². The van der Waals surface area contributed by atoms with E-state index in [0.717, 1.165) is 51.1 Å². The first kappa shape index (κ1) is 71.7. The Morgan fingerprint density at radius 1 is 0.744 bits per heavy atom. The van der Waals surface area contributed by atoms with Gasteiger partial charge in [0.25, 0.3) is 0 Å². The fraction of sp³-hybridized carbons (Fsp3) is 0.714. The minimum absolute atomic E-state index is 0.0173. The summed E-state index contributed by atoms with van der Waals surface area (Å²) in [5, 5.41) is 64.5. The number of hydrogen-bond donors (Lipinski definition) is 5. The lowest BCUT2D eigenvalue weighted by molar-refractivity contribution is -0.292. The summed E-state index contributed by atoms with van der Waals surface area (Å²) < 4.78 is 37.9. The highest BCUT2D eigenvalue weighted by Crippen LogP contribution is 2.56. The average Bonchev–Trinajstić information content (AvgIpc) is 1.61. The molecule has 3 saturated heterocycles. The molecule has 0 saturated carbocycles. The molecule has 0 unspecified atom stereocenters. The molecule has 15 nitrogen and oxygen atoms in total. The first-order valence-electron chi connectivity index (χ1n) is 32.5. The number of cyclic esters (lactones) is 1. The molecule has 0 bridgehead atoms. The van der Waals surface area contributed by atoms with Gasteiger partial charge in [0.05, 0.1) is 66.5 Å². The highest BCUT2D eigenvalue weighted by Gasteiger charge is 2.51. The third-order valence-corrected chi connectivity index (χ3v) is 23.8. The monoisotopic (exact) mass is 1220 g/mol. The average molecular weight is 1220 g/mol. The Balaban J connectivity index is 1.13. The van der Waals surface area contributed by atoms with E-state index in [4.69, 9.17) is 28.4 Å². The van der Waals surface area contributed by atoms with Crippen LogP contribution in [0.1, 0.15) is 175 Å². The van der Waals surface area contributed by atoms with Gasteiger partial charge in [0.2, 0.25) is 5.91 Å². The second kappa shape index (κ2) is 32.0. The van der Waals surface area contributed by atoms with Crippen LogP contribution in [0, 0.1) is 32.6 Å². The number of amides is 1. The predicted molar refractivity (Wildman–Crippen MR) is 344 cm³/mol. The van der Waals surface area contributed by atoms with Gasteiger partial charge >= 0.3 is 5.97 Å². The molecule has 3 heterocycles. The van der Waals surface area contributed by atoms with Crippen LogP contribution in [-0.4, -0.2) is 178 Å². The van der Waals surface area contributed by atoms with Crippen molar-refractivity contribution >= 4 is 35.1 Å². The number of carbonyl (C=O) groups excluding carboxylic acids is 2. The number of aliphatic hydroxyl groups excluding tert-OH is 3. The third-order valence-electron chi connectivity index (χ3n) is 19.3. The maximum atomic E-state index is 14.6. The van der Waals surface area contributed by atoms with E-state index < -0.39 is 97.1 Å². The van der Waals surface area contributed by atoms with Crippen LogP contribution in [0.5, 0.6) is 0 Å². The summed E-state index contributed by atoms with van der Waals surface area (Å²) in [4.78, 5) is 32.7. The number of ether oxygens (including phenoxy) is 6. The minimum atomic E-state index is -1.99. The summed E-state index contributed by atoms with van der Waals surface area (Å²) in [6.45, 7) is 22.4. The van der Waals surface area contributed by atoms with Gasteiger partial charge in [0, 0.05) is 39.0 Å². The number of unbranched alkanes of at least 4 members (excludes halogenated alkanes) is 8. The molecule has 3 aromatic carbocycles. The Morgan fingerprint density at radius 3 is 1.79 bits per heavy atom. The zero-order chi connectivity index (χ0) is 63.3. The van der Waals surface area contributed by atoms with Crippen molar-refractivity contribution in [3.63, 3.8) is 0 Å². The minimum Gasteiger partial charge on any atom is -0.459 e. The van der Waals surface area contributed by atoms with Gasteiger partial charge in [-0.15, -0.1) is 0 Å². The van der Waals surface area contributed by atoms with Gasteiger partial charge in [-0.2, -0.15) is 0 Å². The zero-order valence-corrected chi connectivity index (χ0v) is 56.0. The molecule has 0 aromatic heterocycles. The van der Waals surface area contributed by atoms with Gasteiger partial charge in [-0.3, -0.25) is 9.59 Å². The van der Waals surface area contributed by atoms with E-state index in [9.17, 15) is 35.1 Å². The van der Waals surface area contributed by atoms with Gasteiger partial charge in [-0.05, 0) is 181 Å². The highest BCUT2D eigenvalue weighted by atomic mass is 31.2. The summed E-state index contributed by atoms with van der Waals surface area (Å²) in [7, 11) is 3.39. The van der Waals surface area contributed by atoms with Crippen LogP contribution in [-0.2, 0) is 38.0 Å². The Bertz CT molecular complexity index is 2470. The van der Waals surface area contributed by atoms with Crippen molar-refractivity contribution in [2.75, 3.05) is 40.5 Å². The summed E-state index contributed by atoms with van der Waals surface area (Å²) in [5.41, 5.74) is -0.727. The first-order chi connectivity index (χ1) is 40.6. The molecule has 16 heteroatoms. The van der Waals surface area contributed by atoms with Crippen molar-refractivity contribution in [2.24, 2.45) is 11.8 Å². The highest BCUT2D eigenvalue weighted by molar-refractivity contribution is 7.95. The van der Waals surface area contributed by atoms with Crippen molar-refractivity contribution in [1.82, 2.24) is 9.80 Å². The number of aliphatic hydroxyl groups is 5. The number of benzene rings is 3. The number of aryl methyl sites for hydroxylation is 3. The molecular formula is C70H112N2O13P+. The molecule has 5 N–H and O–H groups in total. The molecule has 3 fully saturated rings. The lowest BCUT2D eigenvalue weighted by atomic mass is 9.83. The van der Waals surface area contributed by atoms with E-state index in [1.165, 1.54) is 45.9 Å². The van der Waals surface area contributed by atoms with Crippen LogP contribution in [0.4, 0.5) is 0 Å². The normalized spacial score (nSPS) is 33.7. The van der Waals surface area contributed by atoms with Crippen LogP contribution in [0.25, 0.3) is 0 Å². The molecule has 1 amide bonds. The second-order valence-electron chi connectivity index (χ2n) is 27.2. The SMILES string of the molecule is CC[C@H]1OC(=O)[C@H](C)[C@@H](OC[C@H]2C[C@@](C)(OC)[C@@H](O)[C@H](C)O2)C[C@@H](O[C@@H]2O[C@H](C)C[C@H](N(C)C)[C@H]2O)[C@](C)(O)C[C@@H](C)CN(C(=O)CCCCCCCCCCC[P+](c2cccc(C)c2)(c2cccc(C)c2)c2cccc(C)c2)[C@H](C)[C@@H](O)[C@]1(C)O. The fourth-order valence-corrected chi connectivity index (χ4v) is 18.6. The maximum Gasteiger partial charge on any atom is 0.311 e. The lowest BCUT2D eigenvalue weighted by Crippen LogP contribution is -2.60. The summed E-state index contributed by atoms with van der Waals surface area (Å²) in [6, 6.07) is 26.3. The molecule has 0 radical (unpaired) electrons. The van der Waals surface area contributed by atoms with E-state index in [1.54, 1.807) is 46.6 Å². The molecule has 3 aromatic rings. The van der Waals surface area contributed by atoms with Gasteiger partial charge < -0.3 is 63.8 Å². The topological polar surface area (TPSA) is 197 Å². The van der Waals surface area contributed by atoms with Crippen molar-refractivity contribution in [2.45, 2.75) is 270 Å². The van der Waals surface area contributed by atoms with Crippen LogP contribution in [0.3, 0.4) is 0 Å². The molecular weight excluding hydrogens is 1110 g/mol. The smallest absolute Gasteiger partial charge is 0.311 e. The Kier molecular flexibility index (Phi) is 26.7. The maximum absolute atomic E-state index is 14.6. The van der Waals surface area contributed by atoms with E-state index in [2.05, 4.69) is 93.6 Å². The van der Waals surface area contributed by atoms with Crippen LogP contribution in [0.2, 0.25) is 0 Å². The number of esters is 1. The van der Waals surface area contributed by atoms with E-state index in [0.29, 0.717) is 12.8 Å². The molecule has 0 spiro atoms. The molecule has 17 atom stereocenters. The van der Waals surface area contributed by atoms with Gasteiger partial charge in [-0.1, -0.05) is 88.8 Å². The third kappa shape index (κ3) is 18.2. The van der Waals surface area contributed by atoms with E-state index in [-0.39, 0.29) is 69.2 Å². The molecule has 3 aliphatic rings. The molecule has 0 aliphatic carbocycles. The van der Waals surface area contributed by atoms with Gasteiger partial charge in [-0.25, -0.2) is 0 Å². The molecule has 484 valence electrons. The quantitative estimate of drug-likeness (QED) is 0.0342. The summed E-state index contributed by atoms with van der Waals surface area (Å²) in [6.07, 6.45) is 2.34. The largest absolute Gasteiger partial charge is 0.459 e. The Morgan fingerprint density at radius 2 is 1.28 bits per heavy atom. The zero-order valence-electron chi connectivity index (χ0n) is 55.1. The number of likely N-dealkylation sites (N-methyl/N-ethyl adjacent to an activating group) is 1. The first-order valence-corrected chi connectivity index (χ1v) is 34.4. The van der Waals surface area contributed by atoms with Crippen molar-refractivity contribution in [3.8, 4) is 0 Å². The number of nitrogens with zero attached hydrogens (tertiary/aromatic N) is 2. The lowest BCUT2D eigenvalue weighted by Gasteiger charge is -2.46. The predicted octanol–water partition coefficient (Wildman–Crippen LogP) is 9.41. The number of rotatable bonds is 23. The Hall–Kier alpha value is -3.41. The number of carbonyl (C=O) groups is 2. The standard InChI is InChI=1S/C70H112N2O13P/c1-16-60-70(12,79)64(75)52(8)72(62(73)35-24-22-20-18-17-19-21-23-25-36-86(55-32-26-29-46(2)37-55,56-33-27-30-47(3)38-56)57-34-28-31-48(4)39-57)44-49(5)42-68(10,78)61(85-67-63(74)58(71(13)14)40-50(6)82-67)41-59(51(7)66(77)84-60)81-45-54-43-69(11,80-15)65(76)53(9)83-54/h26-34,37-39,49-54,58-61,63-65,67,74-76,78-79H,16-25,35-36,40-45H2,1-15H3/q+1/t49-,50-,51-,52-,53+,54-,58+,59+,60-,61-,63-,64-,65+,67+,68-,69-,70-/m1/s1. The second-order valence-corrected chi connectivity index (χ2v) is 30.8. The van der Waals surface area contributed by atoms with Gasteiger partial charge in [0.15, 0.2) is 6.29 Å². The summed E-state index contributed by atoms with van der Waals surface area (Å²) in [5.74, 6) is -2.29. The van der Waals surface area contributed by atoms with Crippen LogP contribution >= 0.6 is 7.26 Å².